The number of rotatable bonds is 4. The molecule has 0 spiro atoms. The van der Waals surface area contributed by atoms with Gasteiger partial charge in [-0.1, -0.05) is 24.3 Å². The van der Waals surface area contributed by atoms with Crippen LogP contribution in [-0.4, -0.2) is 21.0 Å². The lowest BCUT2D eigenvalue weighted by Crippen LogP contribution is -2.22. The molecule has 1 aromatic carbocycles. The Labute approximate surface area is 112 Å². The number of nitrogens with zero attached hydrogens (tertiary/aromatic N) is 4. The van der Waals surface area contributed by atoms with Gasteiger partial charge in [0.1, 0.15) is 0 Å². The molecule has 0 saturated carbocycles. The van der Waals surface area contributed by atoms with Gasteiger partial charge in [-0.25, -0.2) is 4.99 Å². The first-order valence-electron chi connectivity index (χ1n) is 6.18. The van der Waals surface area contributed by atoms with Crippen molar-refractivity contribution in [2.24, 2.45) is 17.8 Å². The number of hydrogen-bond donors (Lipinski definition) is 2. The van der Waals surface area contributed by atoms with Crippen molar-refractivity contribution in [2.75, 3.05) is 5.32 Å². The lowest BCUT2D eigenvalue weighted by atomic mass is 10.1. The number of nitrogens with one attached hydrogen (secondary N) is 1. The van der Waals surface area contributed by atoms with E-state index in [1.807, 2.05) is 19.2 Å². The largest absolute Gasteiger partial charge is 0.370 e. The van der Waals surface area contributed by atoms with E-state index in [9.17, 15) is 0 Å². The standard InChI is InChI=1S/C13H18N6/c1-3-10-4-6-11(7-5-10)17-13(14)15-8-12-9-16-18-19(12)2/h4-7,9H,3,8H2,1-2H3,(H3,14,15,17). The zero-order chi connectivity index (χ0) is 13.7. The average molecular weight is 258 g/mol. The Morgan fingerprint density at radius 1 is 1.37 bits per heavy atom. The summed E-state index contributed by atoms with van der Waals surface area (Å²) in [4.78, 5) is 4.25. The van der Waals surface area contributed by atoms with Gasteiger partial charge in [0.15, 0.2) is 5.96 Å². The third-order valence-electron chi connectivity index (χ3n) is 2.85. The first-order chi connectivity index (χ1) is 9.19. The van der Waals surface area contributed by atoms with Gasteiger partial charge in [-0.15, -0.1) is 5.10 Å². The number of aromatic nitrogens is 3. The van der Waals surface area contributed by atoms with Crippen LogP contribution in [0, 0.1) is 0 Å². The lowest BCUT2D eigenvalue weighted by Gasteiger charge is -2.06. The molecule has 0 amide bonds. The van der Waals surface area contributed by atoms with E-state index in [2.05, 4.69) is 39.7 Å². The number of benzene rings is 1. The molecule has 2 aromatic rings. The highest BCUT2D eigenvalue weighted by Crippen LogP contribution is 2.09. The summed E-state index contributed by atoms with van der Waals surface area (Å²) in [5.41, 5.74) is 8.97. The summed E-state index contributed by atoms with van der Waals surface area (Å²) in [6, 6.07) is 8.13. The predicted molar refractivity (Wildman–Crippen MR) is 75.8 cm³/mol. The minimum absolute atomic E-state index is 0.380. The Bertz CT molecular complexity index is 555. The molecular formula is C13H18N6. The SMILES string of the molecule is CCc1ccc(NC(N)=NCc2cnnn2C)cc1. The van der Waals surface area contributed by atoms with Crippen LogP contribution < -0.4 is 11.1 Å². The highest BCUT2D eigenvalue weighted by atomic mass is 15.4. The Balaban J connectivity index is 1.96. The summed E-state index contributed by atoms with van der Waals surface area (Å²) < 4.78 is 1.67. The van der Waals surface area contributed by atoms with Crippen molar-refractivity contribution in [3.05, 3.63) is 41.7 Å². The number of hydrogen-bond acceptors (Lipinski definition) is 3. The number of anilines is 1. The van der Waals surface area contributed by atoms with E-state index in [0.717, 1.165) is 17.8 Å². The maximum Gasteiger partial charge on any atom is 0.193 e. The average Bonchev–Trinajstić information content (AvgIpc) is 2.83. The molecule has 0 atom stereocenters. The summed E-state index contributed by atoms with van der Waals surface area (Å²) >= 11 is 0. The van der Waals surface area contributed by atoms with Gasteiger partial charge in [0.2, 0.25) is 0 Å². The first kappa shape index (κ1) is 13.1. The molecule has 0 bridgehead atoms. The summed E-state index contributed by atoms with van der Waals surface area (Å²) in [6.45, 7) is 2.58. The van der Waals surface area contributed by atoms with E-state index in [4.69, 9.17) is 5.73 Å². The van der Waals surface area contributed by atoms with Crippen LogP contribution in [0.25, 0.3) is 0 Å². The Morgan fingerprint density at radius 2 is 2.11 bits per heavy atom. The van der Waals surface area contributed by atoms with Crippen LogP contribution in [0.1, 0.15) is 18.2 Å². The van der Waals surface area contributed by atoms with Gasteiger partial charge in [-0.3, -0.25) is 4.68 Å². The number of aryl methyl sites for hydroxylation is 2. The van der Waals surface area contributed by atoms with E-state index < -0.39 is 0 Å². The predicted octanol–water partition coefficient (Wildman–Crippen LogP) is 1.30. The van der Waals surface area contributed by atoms with Crippen molar-refractivity contribution in [3.63, 3.8) is 0 Å². The second kappa shape index (κ2) is 5.99. The van der Waals surface area contributed by atoms with Gasteiger partial charge >= 0.3 is 0 Å². The fourth-order valence-corrected chi connectivity index (χ4v) is 1.63. The van der Waals surface area contributed by atoms with Gasteiger partial charge in [0.25, 0.3) is 0 Å². The smallest absolute Gasteiger partial charge is 0.193 e. The van der Waals surface area contributed by atoms with Crippen LogP contribution in [0.3, 0.4) is 0 Å². The van der Waals surface area contributed by atoms with Crippen LogP contribution in [0.5, 0.6) is 0 Å². The van der Waals surface area contributed by atoms with Crippen LogP contribution >= 0.6 is 0 Å². The minimum Gasteiger partial charge on any atom is -0.370 e. The van der Waals surface area contributed by atoms with Crippen molar-refractivity contribution in [3.8, 4) is 0 Å². The maximum atomic E-state index is 5.83. The molecule has 0 aliphatic carbocycles. The van der Waals surface area contributed by atoms with Crippen molar-refractivity contribution in [1.82, 2.24) is 15.0 Å². The third-order valence-corrected chi connectivity index (χ3v) is 2.85. The van der Waals surface area contributed by atoms with Crippen LogP contribution in [0.2, 0.25) is 0 Å². The number of aliphatic imine (C=N–C) groups is 1. The Kier molecular flexibility index (Phi) is 4.12. The topological polar surface area (TPSA) is 81.1 Å². The van der Waals surface area contributed by atoms with E-state index in [-0.39, 0.29) is 0 Å². The summed E-state index contributed by atoms with van der Waals surface area (Å²) in [5.74, 6) is 0.380. The van der Waals surface area contributed by atoms with Crippen molar-refractivity contribution >= 4 is 11.6 Å². The van der Waals surface area contributed by atoms with E-state index in [0.29, 0.717) is 12.5 Å². The molecule has 0 unspecified atom stereocenters. The van der Waals surface area contributed by atoms with Gasteiger partial charge in [-0.2, -0.15) is 0 Å². The molecule has 0 fully saturated rings. The maximum absolute atomic E-state index is 5.83. The normalized spacial score (nSPS) is 11.6. The van der Waals surface area contributed by atoms with E-state index >= 15 is 0 Å². The van der Waals surface area contributed by atoms with E-state index in [1.54, 1.807) is 10.9 Å². The third kappa shape index (κ3) is 3.54. The Hall–Kier alpha value is -2.37. The fourth-order valence-electron chi connectivity index (χ4n) is 1.63. The summed E-state index contributed by atoms with van der Waals surface area (Å²) in [6.07, 6.45) is 2.70. The molecular weight excluding hydrogens is 240 g/mol. The molecule has 1 aromatic heterocycles. The molecule has 0 radical (unpaired) electrons. The van der Waals surface area contributed by atoms with Crippen LogP contribution in [0.4, 0.5) is 5.69 Å². The van der Waals surface area contributed by atoms with Crippen LogP contribution in [-0.2, 0) is 20.0 Å². The highest BCUT2D eigenvalue weighted by molar-refractivity contribution is 5.92. The molecule has 6 nitrogen and oxygen atoms in total. The molecule has 1 heterocycles. The quantitative estimate of drug-likeness (QED) is 0.640. The molecule has 0 aliphatic heterocycles. The second-order valence-corrected chi connectivity index (χ2v) is 4.23. The molecule has 2 rings (SSSR count). The molecule has 19 heavy (non-hydrogen) atoms. The number of guanidine groups is 1. The second-order valence-electron chi connectivity index (χ2n) is 4.23. The molecule has 3 N–H and O–H groups in total. The lowest BCUT2D eigenvalue weighted by molar-refractivity contribution is 0.678. The molecule has 100 valence electrons. The van der Waals surface area contributed by atoms with Gasteiger partial charge < -0.3 is 11.1 Å². The summed E-state index contributed by atoms with van der Waals surface area (Å²) in [5, 5.41) is 10.7. The monoisotopic (exact) mass is 258 g/mol. The van der Waals surface area contributed by atoms with Gasteiger partial charge in [-0.05, 0) is 24.1 Å². The van der Waals surface area contributed by atoms with Gasteiger partial charge in [0, 0.05) is 12.7 Å². The van der Waals surface area contributed by atoms with E-state index in [1.165, 1.54) is 5.56 Å². The molecule has 6 heteroatoms. The van der Waals surface area contributed by atoms with Crippen molar-refractivity contribution in [1.29, 1.82) is 0 Å². The van der Waals surface area contributed by atoms with Gasteiger partial charge in [0.05, 0.1) is 18.4 Å². The zero-order valence-corrected chi connectivity index (χ0v) is 11.2. The van der Waals surface area contributed by atoms with Crippen LogP contribution in [0.15, 0.2) is 35.5 Å². The van der Waals surface area contributed by atoms with Crippen molar-refractivity contribution in [2.45, 2.75) is 19.9 Å². The fraction of sp³-hybridized carbons (Fsp3) is 0.308. The molecule has 0 saturated heterocycles. The minimum atomic E-state index is 0.380. The molecule has 0 aliphatic rings. The van der Waals surface area contributed by atoms with Crippen molar-refractivity contribution < 1.29 is 0 Å². The highest BCUT2D eigenvalue weighted by Gasteiger charge is 1.99. The number of nitrogens with two attached hydrogens (primary N) is 1. The first-order valence-corrected chi connectivity index (χ1v) is 6.18. The summed E-state index contributed by atoms with van der Waals surface area (Å²) in [7, 11) is 1.82. The Morgan fingerprint density at radius 3 is 2.68 bits per heavy atom. The zero-order valence-electron chi connectivity index (χ0n) is 11.2.